The summed E-state index contributed by atoms with van der Waals surface area (Å²) in [7, 11) is 0. The molecule has 2 aliphatic heterocycles. The molecule has 2 heterocycles. The Labute approximate surface area is 133 Å². The SMILES string of the molecule is CCN(CC)C(=O)C1CCN(C(=O)CC2COCCN2)CC1. The molecule has 0 saturated carbocycles. The second-order valence-corrected chi connectivity index (χ2v) is 6.10. The second kappa shape index (κ2) is 8.48. The number of amides is 2. The largest absolute Gasteiger partial charge is 0.378 e. The van der Waals surface area contributed by atoms with Crippen LogP contribution in [0.3, 0.4) is 0 Å². The van der Waals surface area contributed by atoms with E-state index in [0.717, 1.165) is 39.1 Å². The number of likely N-dealkylation sites (tertiary alicyclic amines) is 1. The van der Waals surface area contributed by atoms with E-state index < -0.39 is 0 Å². The molecule has 0 bridgehead atoms. The van der Waals surface area contributed by atoms with Crippen LogP contribution in [0.4, 0.5) is 0 Å². The molecule has 1 N–H and O–H groups in total. The number of piperidine rings is 1. The summed E-state index contributed by atoms with van der Waals surface area (Å²) in [6.07, 6.45) is 2.07. The van der Waals surface area contributed by atoms with Crippen LogP contribution in [-0.4, -0.2) is 73.6 Å². The molecule has 0 aromatic rings. The maximum absolute atomic E-state index is 12.3. The molecule has 0 aromatic carbocycles. The Morgan fingerprint density at radius 3 is 2.45 bits per heavy atom. The van der Waals surface area contributed by atoms with Crippen molar-refractivity contribution in [3.8, 4) is 0 Å². The average molecular weight is 311 g/mol. The van der Waals surface area contributed by atoms with E-state index in [0.29, 0.717) is 26.1 Å². The van der Waals surface area contributed by atoms with Gasteiger partial charge in [-0.05, 0) is 26.7 Å². The van der Waals surface area contributed by atoms with Gasteiger partial charge in [-0.2, -0.15) is 0 Å². The summed E-state index contributed by atoms with van der Waals surface area (Å²) >= 11 is 0. The summed E-state index contributed by atoms with van der Waals surface area (Å²) in [5.41, 5.74) is 0. The number of hydrogen-bond acceptors (Lipinski definition) is 4. The lowest BCUT2D eigenvalue weighted by atomic mass is 9.94. The summed E-state index contributed by atoms with van der Waals surface area (Å²) in [6, 6.07) is 0.135. The number of carbonyl (C=O) groups is 2. The van der Waals surface area contributed by atoms with Crippen molar-refractivity contribution in [2.75, 3.05) is 45.9 Å². The fraction of sp³-hybridized carbons (Fsp3) is 0.875. The first-order chi connectivity index (χ1) is 10.7. The van der Waals surface area contributed by atoms with Crippen LogP contribution < -0.4 is 5.32 Å². The van der Waals surface area contributed by atoms with Crippen molar-refractivity contribution < 1.29 is 14.3 Å². The molecule has 0 aromatic heterocycles. The molecule has 22 heavy (non-hydrogen) atoms. The van der Waals surface area contributed by atoms with Crippen LogP contribution in [-0.2, 0) is 14.3 Å². The highest BCUT2D eigenvalue weighted by Gasteiger charge is 2.30. The first-order valence-corrected chi connectivity index (χ1v) is 8.53. The lowest BCUT2D eigenvalue weighted by Gasteiger charge is -2.34. The van der Waals surface area contributed by atoms with Crippen molar-refractivity contribution in [1.29, 1.82) is 0 Å². The zero-order valence-electron chi connectivity index (χ0n) is 13.8. The van der Waals surface area contributed by atoms with Crippen LogP contribution in [0.2, 0.25) is 0 Å². The normalized spacial score (nSPS) is 23.4. The van der Waals surface area contributed by atoms with Crippen LogP contribution in [0.5, 0.6) is 0 Å². The number of carbonyl (C=O) groups excluding carboxylic acids is 2. The highest BCUT2D eigenvalue weighted by atomic mass is 16.5. The third kappa shape index (κ3) is 4.43. The molecule has 6 nitrogen and oxygen atoms in total. The predicted octanol–water partition coefficient (Wildman–Crippen LogP) is 0.472. The molecule has 1 atom stereocenters. The zero-order valence-corrected chi connectivity index (χ0v) is 13.8. The third-order valence-corrected chi connectivity index (χ3v) is 4.69. The van der Waals surface area contributed by atoms with Gasteiger partial charge in [0.15, 0.2) is 0 Å². The molecule has 2 amide bonds. The molecule has 2 fully saturated rings. The Kier molecular flexibility index (Phi) is 6.64. The molecule has 2 aliphatic rings. The Balaban J connectivity index is 1.76. The third-order valence-electron chi connectivity index (χ3n) is 4.69. The minimum Gasteiger partial charge on any atom is -0.378 e. The van der Waals surface area contributed by atoms with E-state index in [-0.39, 0.29) is 23.8 Å². The Hall–Kier alpha value is -1.14. The van der Waals surface area contributed by atoms with Crippen molar-refractivity contribution in [2.45, 2.75) is 39.2 Å². The Morgan fingerprint density at radius 1 is 1.23 bits per heavy atom. The molecule has 1 unspecified atom stereocenters. The molecule has 0 spiro atoms. The van der Waals surface area contributed by atoms with Gasteiger partial charge in [0.2, 0.25) is 11.8 Å². The van der Waals surface area contributed by atoms with Gasteiger partial charge in [0.05, 0.1) is 13.2 Å². The topological polar surface area (TPSA) is 61.9 Å². The van der Waals surface area contributed by atoms with E-state index in [1.165, 1.54) is 0 Å². The molecule has 2 saturated heterocycles. The highest BCUT2D eigenvalue weighted by molar-refractivity contribution is 5.80. The predicted molar refractivity (Wildman–Crippen MR) is 84.5 cm³/mol. The van der Waals surface area contributed by atoms with Gasteiger partial charge in [0.1, 0.15) is 0 Å². The van der Waals surface area contributed by atoms with E-state index in [2.05, 4.69) is 5.32 Å². The van der Waals surface area contributed by atoms with Gasteiger partial charge in [-0.3, -0.25) is 9.59 Å². The van der Waals surface area contributed by atoms with Crippen LogP contribution in [0, 0.1) is 5.92 Å². The fourth-order valence-corrected chi connectivity index (χ4v) is 3.26. The van der Waals surface area contributed by atoms with Gasteiger partial charge in [-0.15, -0.1) is 0 Å². The first kappa shape index (κ1) is 17.2. The lowest BCUT2D eigenvalue weighted by Crippen LogP contribution is -2.48. The minimum atomic E-state index is 0.0834. The maximum Gasteiger partial charge on any atom is 0.225 e. The number of nitrogens with zero attached hydrogens (tertiary/aromatic N) is 2. The number of rotatable bonds is 5. The van der Waals surface area contributed by atoms with Crippen molar-refractivity contribution >= 4 is 11.8 Å². The average Bonchev–Trinajstić information content (AvgIpc) is 2.57. The standard InChI is InChI=1S/C16H29N3O3/c1-3-18(4-2)16(21)13-5-8-19(9-6-13)15(20)11-14-12-22-10-7-17-14/h13-14,17H,3-12H2,1-2H3. The van der Waals surface area contributed by atoms with Gasteiger partial charge < -0.3 is 19.9 Å². The van der Waals surface area contributed by atoms with Crippen molar-refractivity contribution in [3.05, 3.63) is 0 Å². The smallest absolute Gasteiger partial charge is 0.225 e. The van der Waals surface area contributed by atoms with Crippen LogP contribution in [0.1, 0.15) is 33.1 Å². The monoisotopic (exact) mass is 311 g/mol. The molecule has 0 radical (unpaired) electrons. The Morgan fingerprint density at radius 2 is 1.91 bits per heavy atom. The number of morpholine rings is 1. The van der Waals surface area contributed by atoms with E-state index >= 15 is 0 Å². The van der Waals surface area contributed by atoms with E-state index in [1.54, 1.807) is 0 Å². The fourth-order valence-electron chi connectivity index (χ4n) is 3.26. The van der Waals surface area contributed by atoms with E-state index in [1.807, 2.05) is 23.6 Å². The molecule has 126 valence electrons. The molecular formula is C16H29N3O3. The van der Waals surface area contributed by atoms with Crippen molar-refractivity contribution in [3.63, 3.8) is 0 Å². The van der Waals surface area contributed by atoms with E-state index in [4.69, 9.17) is 4.74 Å². The highest BCUT2D eigenvalue weighted by Crippen LogP contribution is 2.20. The maximum atomic E-state index is 12.3. The number of hydrogen-bond donors (Lipinski definition) is 1. The van der Waals surface area contributed by atoms with Gasteiger partial charge in [0, 0.05) is 51.1 Å². The molecule has 0 aliphatic carbocycles. The quantitative estimate of drug-likeness (QED) is 0.802. The van der Waals surface area contributed by atoms with Crippen LogP contribution in [0.15, 0.2) is 0 Å². The number of ether oxygens (including phenoxy) is 1. The first-order valence-electron chi connectivity index (χ1n) is 8.53. The van der Waals surface area contributed by atoms with Crippen molar-refractivity contribution in [2.24, 2.45) is 5.92 Å². The number of nitrogens with one attached hydrogen (secondary N) is 1. The van der Waals surface area contributed by atoms with Gasteiger partial charge in [-0.1, -0.05) is 0 Å². The Bertz CT molecular complexity index is 371. The van der Waals surface area contributed by atoms with Gasteiger partial charge in [0.25, 0.3) is 0 Å². The van der Waals surface area contributed by atoms with Gasteiger partial charge in [-0.25, -0.2) is 0 Å². The lowest BCUT2D eigenvalue weighted by molar-refractivity contribution is -0.141. The van der Waals surface area contributed by atoms with E-state index in [9.17, 15) is 9.59 Å². The molecule has 6 heteroatoms. The summed E-state index contributed by atoms with van der Waals surface area (Å²) < 4.78 is 5.39. The molecular weight excluding hydrogens is 282 g/mol. The molecule has 2 rings (SSSR count). The minimum absolute atomic E-state index is 0.0834. The van der Waals surface area contributed by atoms with Gasteiger partial charge >= 0.3 is 0 Å². The summed E-state index contributed by atoms with van der Waals surface area (Å²) in [5.74, 6) is 0.510. The summed E-state index contributed by atoms with van der Waals surface area (Å²) in [6.45, 7) is 9.11. The van der Waals surface area contributed by atoms with Crippen LogP contribution in [0.25, 0.3) is 0 Å². The summed E-state index contributed by atoms with van der Waals surface area (Å²) in [5, 5.41) is 3.31. The second-order valence-electron chi connectivity index (χ2n) is 6.10. The van der Waals surface area contributed by atoms with Crippen LogP contribution >= 0.6 is 0 Å². The summed E-state index contributed by atoms with van der Waals surface area (Å²) in [4.78, 5) is 28.5. The van der Waals surface area contributed by atoms with Crippen molar-refractivity contribution in [1.82, 2.24) is 15.1 Å². The zero-order chi connectivity index (χ0) is 15.9.